The SMILES string of the molecule is CC/C(=N/Nc1cc(Cl)ccc1Cl)C(=O)O. The number of hydrazone groups is 1. The van der Waals surface area contributed by atoms with Crippen LogP contribution in [-0.4, -0.2) is 16.8 Å². The standard InChI is InChI=1S/C10H10Cl2N2O2/c1-2-8(10(15)16)13-14-9-5-6(11)3-4-7(9)12/h3-5,14H,2H2,1H3,(H,15,16)/b13-8-. The number of carboxylic acid groups (broad SMARTS) is 1. The van der Waals surface area contributed by atoms with E-state index in [1.807, 2.05) is 0 Å². The normalized spacial score (nSPS) is 11.3. The van der Waals surface area contributed by atoms with Gasteiger partial charge in [-0.3, -0.25) is 5.43 Å². The Morgan fingerprint density at radius 2 is 2.19 bits per heavy atom. The highest BCUT2D eigenvalue weighted by atomic mass is 35.5. The van der Waals surface area contributed by atoms with Crippen LogP contribution in [0.25, 0.3) is 0 Å². The molecule has 6 heteroatoms. The van der Waals surface area contributed by atoms with Gasteiger partial charge in [0.2, 0.25) is 0 Å². The minimum absolute atomic E-state index is 0.0241. The van der Waals surface area contributed by atoms with Gasteiger partial charge in [0.1, 0.15) is 5.71 Å². The van der Waals surface area contributed by atoms with Crippen molar-refractivity contribution in [1.29, 1.82) is 0 Å². The summed E-state index contributed by atoms with van der Waals surface area (Å²) in [5.41, 5.74) is 3.07. The van der Waals surface area contributed by atoms with Crippen LogP contribution in [0.15, 0.2) is 23.3 Å². The minimum atomic E-state index is -1.06. The van der Waals surface area contributed by atoms with Crippen LogP contribution in [0.3, 0.4) is 0 Å². The third-order valence-electron chi connectivity index (χ3n) is 1.82. The summed E-state index contributed by atoms with van der Waals surface area (Å²) in [5.74, 6) is -1.06. The summed E-state index contributed by atoms with van der Waals surface area (Å²) < 4.78 is 0. The average molecular weight is 261 g/mol. The number of halogens is 2. The predicted molar refractivity (Wildman–Crippen MR) is 65.4 cm³/mol. The molecule has 2 N–H and O–H groups in total. The Balaban J connectivity index is 2.88. The van der Waals surface area contributed by atoms with Crippen LogP contribution in [0.1, 0.15) is 13.3 Å². The molecule has 4 nitrogen and oxygen atoms in total. The van der Waals surface area contributed by atoms with E-state index in [-0.39, 0.29) is 5.71 Å². The van der Waals surface area contributed by atoms with Gasteiger partial charge in [-0.25, -0.2) is 4.79 Å². The highest BCUT2D eigenvalue weighted by Gasteiger charge is 2.06. The molecule has 0 atom stereocenters. The highest BCUT2D eigenvalue weighted by molar-refractivity contribution is 6.36. The molecule has 0 unspecified atom stereocenters. The topological polar surface area (TPSA) is 61.7 Å². The fraction of sp³-hybridized carbons (Fsp3) is 0.200. The Labute approximate surface area is 103 Å². The molecule has 0 fully saturated rings. The van der Waals surface area contributed by atoms with E-state index in [0.717, 1.165) is 0 Å². The summed E-state index contributed by atoms with van der Waals surface area (Å²) in [6.07, 6.45) is 0.320. The van der Waals surface area contributed by atoms with E-state index in [9.17, 15) is 4.79 Å². The number of hydrogen-bond acceptors (Lipinski definition) is 3. The fourth-order valence-electron chi connectivity index (χ4n) is 0.989. The monoisotopic (exact) mass is 260 g/mol. The number of aliphatic carboxylic acids is 1. The van der Waals surface area contributed by atoms with Gasteiger partial charge in [0.15, 0.2) is 0 Å². The van der Waals surface area contributed by atoms with Gasteiger partial charge in [-0.2, -0.15) is 5.10 Å². The van der Waals surface area contributed by atoms with Crippen LogP contribution in [0, 0.1) is 0 Å². The molecule has 1 aromatic carbocycles. The minimum Gasteiger partial charge on any atom is -0.477 e. The number of anilines is 1. The van der Waals surface area contributed by atoms with E-state index in [1.54, 1.807) is 25.1 Å². The molecule has 0 saturated heterocycles. The first-order valence-corrected chi connectivity index (χ1v) is 5.31. The largest absolute Gasteiger partial charge is 0.477 e. The first-order valence-electron chi connectivity index (χ1n) is 4.55. The predicted octanol–water partition coefficient (Wildman–Crippen LogP) is 3.26. The van der Waals surface area contributed by atoms with Crippen molar-refractivity contribution in [3.63, 3.8) is 0 Å². The fourth-order valence-corrected chi connectivity index (χ4v) is 1.32. The molecule has 0 heterocycles. The van der Waals surface area contributed by atoms with Crippen LogP contribution in [-0.2, 0) is 4.79 Å². The van der Waals surface area contributed by atoms with Gasteiger partial charge in [-0.15, -0.1) is 0 Å². The molecule has 0 bridgehead atoms. The quantitative estimate of drug-likeness (QED) is 0.646. The molecule has 0 saturated carbocycles. The van der Waals surface area contributed by atoms with Crippen molar-refractivity contribution in [3.8, 4) is 0 Å². The van der Waals surface area contributed by atoms with Gasteiger partial charge >= 0.3 is 5.97 Å². The molecule has 0 aliphatic heterocycles. The number of hydrogen-bond donors (Lipinski definition) is 2. The maximum Gasteiger partial charge on any atom is 0.352 e. The molecule has 86 valence electrons. The van der Waals surface area contributed by atoms with Crippen LogP contribution >= 0.6 is 23.2 Å². The van der Waals surface area contributed by atoms with Gasteiger partial charge in [-0.05, 0) is 24.6 Å². The number of rotatable bonds is 4. The van der Waals surface area contributed by atoms with Gasteiger partial charge in [0, 0.05) is 5.02 Å². The molecule has 0 spiro atoms. The van der Waals surface area contributed by atoms with Gasteiger partial charge in [0.05, 0.1) is 10.7 Å². The van der Waals surface area contributed by atoms with Crippen molar-refractivity contribution < 1.29 is 9.90 Å². The second-order valence-electron chi connectivity index (χ2n) is 2.95. The second-order valence-corrected chi connectivity index (χ2v) is 3.80. The van der Waals surface area contributed by atoms with E-state index >= 15 is 0 Å². The number of carboxylic acids is 1. The maximum absolute atomic E-state index is 10.7. The molecule has 16 heavy (non-hydrogen) atoms. The van der Waals surface area contributed by atoms with Crippen LogP contribution in [0.5, 0.6) is 0 Å². The van der Waals surface area contributed by atoms with Crippen molar-refractivity contribution in [2.24, 2.45) is 5.10 Å². The Morgan fingerprint density at radius 3 is 2.75 bits per heavy atom. The molecular weight excluding hydrogens is 251 g/mol. The molecule has 1 rings (SSSR count). The summed E-state index contributed by atoms with van der Waals surface area (Å²) in [6, 6.07) is 4.81. The van der Waals surface area contributed by atoms with Gasteiger partial charge < -0.3 is 5.11 Å². The van der Waals surface area contributed by atoms with Crippen molar-refractivity contribution in [2.75, 3.05) is 5.43 Å². The maximum atomic E-state index is 10.7. The smallest absolute Gasteiger partial charge is 0.352 e. The molecule has 0 aromatic heterocycles. The van der Waals surface area contributed by atoms with Crippen molar-refractivity contribution >= 4 is 40.6 Å². The average Bonchev–Trinajstić information content (AvgIpc) is 2.23. The Kier molecular flexibility index (Phi) is 4.58. The summed E-state index contributed by atoms with van der Waals surface area (Å²) in [6.45, 7) is 1.70. The molecule has 1 aromatic rings. The molecule has 0 aliphatic rings. The summed E-state index contributed by atoms with van der Waals surface area (Å²) in [5, 5.41) is 13.4. The summed E-state index contributed by atoms with van der Waals surface area (Å²) in [4.78, 5) is 10.7. The number of benzene rings is 1. The Morgan fingerprint density at radius 1 is 1.50 bits per heavy atom. The Bertz CT molecular complexity index is 433. The summed E-state index contributed by atoms with van der Waals surface area (Å²) >= 11 is 11.6. The third-order valence-corrected chi connectivity index (χ3v) is 2.39. The van der Waals surface area contributed by atoms with Crippen LogP contribution in [0.4, 0.5) is 5.69 Å². The van der Waals surface area contributed by atoms with E-state index in [1.165, 1.54) is 0 Å². The summed E-state index contributed by atoms with van der Waals surface area (Å²) in [7, 11) is 0. The lowest BCUT2D eigenvalue weighted by molar-refractivity contribution is -0.129. The lowest BCUT2D eigenvalue weighted by Crippen LogP contribution is -2.13. The zero-order valence-corrected chi connectivity index (χ0v) is 10.0. The van der Waals surface area contributed by atoms with Crippen molar-refractivity contribution in [2.45, 2.75) is 13.3 Å². The highest BCUT2D eigenvalue weighted by Crippen LogP contribution is 2.25. The van der Waals surface area contributed by atoms with E-state index in [0.29, 0.717) is 22.2 Å². The lowest BCUT2D eigenvalue weighted by Gasteiger charge is -2.04. The first kappa shape index (κ1) is 12.8. The van der Waals surface area contributed by atoms with Crippen molar-refractivity contribution in [1.82, 2.24) is 0 Å². The van der Waals surface area contributed by atoms with E-state index in [2.05, 4.69) is 10.5 Å². The van der Waals surface area contributed by atoms with Crippen molar-refractivity contribution in [3.05, 3.63) is 28.2 Å². The Hall–Kier alpha value is -1.26. The zero-order valence-electron chi connectivity index (χ0n) is 8.50. The third kappa shape index (κ3) is 3.40. The van der Waals surface area contributed by atoms with Gasteiger partial charge in [-0.1, -0.05) is 30.1 Å². The lowest BCUT2D eigenvalue weighted by atomic mass is 10.3. The zero-order chi connectivity index (χ0) is 12.1. The second kappa shape index (κ2) is 5.72. The van der Waals surface area contributed by atoms with Crippen LogP contribution in [0.2, 0.25) is 10.0 Å². The number of carbonyl (C=O) groups is 1. The molecule has 0 aliphatic carbocycles. The van der Waals surface area contributed by atoms with E-state index in [4.69, 9.17) is 28.3 Å². The first-order chi connectivity index (χ1) is 7.54. The molecule has 0 radical (unpaired) electrons. The van der Waals surface area contributed by atoms with E-state index < -0.39 is 5.97 Å². The van der Waals surface area contributed by atoms with Gasteiger partial charge in [0.25, 0.3) is 0 Å². The number of nitrogens with one attached hydrogen (secondary N) is 1. The van der Waals surface area contributed by atoms with Crippen LogP contribution < -0.4 is 5.43 Å². The number of nitrogens with zero attached hydrogens (tertiary/aromatic N) is 1. The molecular formula is C10H10Cl2N2O2. The molecule has 0 amide bonds.